The maximum Gasteiger partial charge on any atom is 0.167 e. The molecule has 0 unspecified atom stereocenters. The minimum Gasteiger partial charge on any atom is -0.359 e. The molecule has 1 atom stereocenters. The fourth-order valence-electron chi connectivity index (χ4n) is 1.82. The molecular weight excluding hydrogens is 256 g/mol. The summed E-state index contributed by atoms with van der Waals surface area (Å²) in [6.07, 6.45) is 3.80. The lowest BCUT2D eigenvalue weighted by atomic mass is 10.1. The van der Waals surface area contributed by atoms with Gasteiger partial charge in [-0.25, -0.2) is 0 Å². The van der Waals surface area contributed by atoms with Crippen molar-refractivity contribution in [2.75, 3.05) is 0 Å². The number of rotatable bonds is 4. The molecule has 100 valence electrons. The molecule has 2 aromatic rings. The van der Waals surface area contributed by atoms with Crippen molar-refractivity contribution >= 4 is 17.3 Å². The van der Waals surface area contributed by atoms with Crippen LogP contribution in [-0.2, 0) is 13.6 Å². The molecule has 0 bridgehead atoms. The third kappa shape index (κ3) is 4.06. The first-order valence-electron chi connectivity index (χ1n) is 6.22. The van der Waals surface area contributed by atoms with Crippen LogP contribution in [0, 0.1) is 0 Å². The van der Waals surface area contributed by atoms with Gasteiger partial charge in [0.15, 0.2) is 5.11 Å². The molecule has 5 heteroatoms. The molecule has 0 aliphatic heterocycles. The van der Waals surface area contributed by atoms with E-state index < -0.39 is 0 Å². The molecule has 0 spiro atoms. The Bertz CT molecular complexity index is 535. The van der Waals surface area contributed by atoms with E-state index in [9.17, 15) is 0 Å². The summed E-state index contributed by atoms with van der Waals surface area (Å²) in [7, 11) is 1.90. The fraction of sp³-hybridized carbons (Fsp3) is 0.286. The summed E-state index contributed by atoms with van der Waals surface area (Å²) in [6.45, 7) is 2.77. The number of hydrogen-bond acceptors (Lipinski definition) is 2. The summed E-state index contributed by atoms with van der Waals surface area (Å²) in [5.41, 5.74) is 2.33. The Labute approximate surface area is 118 Å². The third-order valence-corrected chi connectivity index (χ3v) is 3.12. The minimum absolute atomic E-state index is 0.190. The van der Waals surface area contributed by atoms with Crippen molar-refractivity contribution in [3.63, 3.8) is 0 Å². The molecule has 0 radical (unpaired) electrons. The van der Waals surface area contributed by atoms with Crippen LogP contribution in [-0.4, -0.2) is 14.9 Å². The van der Waals surface area contributed by atoms with Gasteiger partial charge in [-0.1, -0.05) is 30.3 Å². The molecule has 19 heavy (non-hydrogen) atoms. The molecule has 2 rings (SSSR count). The SMILES string of the molecule is C[C@H](NC(=S)NCc1cnn(C)c1)c1ccccc1. The van der Waals surface area contributed by atoms with E-state index in [-0.39, 0.29) is 6.04 Å². The largest absolute Gasteiger partial charge is 0.359 e. The van der Waals surface area contributed by atoms with Gasteiger partial charge in [0.2, 0.25) is 0 Å². The number of aromatic nitrogens is 2. The van der Waals surface area contributed by atoms with Gasteiger partial charge in [-0.3, -0.25) is 4.68 Å². The molecule has 0 amide bonds. The Kier molecular flexibility index (Phi) is 4.52. The van der Waals surface area contributed by atoms with Gasteiger partial charge in [0.05, 0.1) is 12.2 Å². The molecule has 2 N–H and O–H groups in total. The highest BCUT2D eigenvalue weighted by Gasteiger charge is 2.06. The quantitative estimate of drug-likeness (QED) is 0.838. The fourth-order valence-corrected chi connectivity index (χ4v) is 2.07. The molecule has 0 saturated heterocycles. The summed E-state index contributed by atoms with van der Waals surface area (Å²) < 4.78 is 1.78. The lowest BCUT2D eigenvalue weighted by molar-refractivity contribution is 0.697. The summed E-state index contributed by atoms with van der Waals surface area (Å²) >= 11 is 5.29. The van der Waals surface area contributed by atoms with E-state index in [2.05, 4.69) is 34.8 Å². The second-order valence-corrected chi connectivity index (χ2v) is 4.89. The summed E-state index contributed by atoms with van der Waals surface area (Å²) in [4.78, 5) is 0. The summed E-state index contributed by atoms with van der Waals surface area (Å²) in [6, 6.07) is 10.4. The Morgan fingerprint density at radius 1 is 1.37 bits per heavy atom. The average molecular weight is 274 g/mol. The van der Waals surface area contributed by atoms with E-state index >= 15 is 0 Å². The van der Waals surface area contributed by atoms with Gasteiger partial charge < -0.3 is 10.6 Å². The van der Waals surface area contributed by atoms with Crippen LogP contribution >= 0.6 is 12.2 Å². The normalized spacial score (nSPS) is 11.9. The van der Waals surface area contributed by atoms with Crippen LogP contribution in [0.2, 0.25) is 0 Å². The Balaban J connectivity index is 1.81. The first kappa shape index (κ1) is 13.5. The van der Waals surface area contributed by atoms with Crippen molar-refractivity contribution in [3.05, 3.63) is 53.9 Å². The third-order valence-electron chi connectivity index (χ3n) is 2.86. The second kappa shape index (κ2) is 6.33. The Morgan fingerprint density at radius 2 is 2.11 bits per heavy atom. The van der Waals surface area contributed by atoms with Crippen LogP contribution in [0.4, 0.5) is 0 Å². The molecule has 0 aliphatic rings. The second-order valence-electron chi connectivity index (χ2n) is 4.48. The number of hydrogen-bond donors (Lipinski definition) is 2. The first-order chi connectivity index (χ1) is 9.15. The molecule has 1 aromatic heterocycles. The maximum absolute atomic E-state index is 5.29. The van der Waals surface area contributed by atoms with E-state index in [4.69, 9.17) is 12.2 Å². The van der Waals surface area contributed by atoms with Crippen molar-refractivity contribution in [1.82, 2.24) is 20.4 Å². The predicted molar refractivity (Wildman–Crippen MR) is 80.6 cm³/mol. The number of benzene rings is 1. The highest BCUT2D eigenvalue weighted by atomic mass is 32.1. The van der Waals surface area contributed by atoms with Crippen LogP contribution in [0.25, 0.3) is 0 Å². The van der Waals surface area contributed by atoms with Gasteiger partial charge in [-0.15, -0.1) is 0 Å². The molecule has 4 nitrogen and oxygen atoms in total. The number of aryl methyl sites for hydroxylation is 1. The molecule has 1 heterocycles. The lowest BCUT2D eigenvalue weighted by Crippen LogP contribution is -2.36. The van der Waals surface area contributed by atoms with Gasteiger partial charge in [0, 0.05) is 25.4 Å². The highest BCUT2D eigenvalue weighted by molar-refractivity contribution is 7.80. The van der Waals surface area contributed by atoms with Crippen molar-refractivity contribution in [3.8, 4) is 0 Å². The smallest absolute Gasteiger partial charge is 0.167 e. The zero-order valence-electron chi connectivity index (χ0n) is 11.1. The van der Waals surface area contributed by atoms with Gasteiger partial charge in [0.25, 0.3) is 0 Å². The monoisotopic (exact) mass is 274 g/mol. The van der Waals surface area contributed by atoms with Gasteiger partial charge >= 0.3 is 0 Å². The summed E-state index contributed by atoms with van der Waals surface area (Å²) in [5, 5.41) is 11.2. The zero-order valence-corrected chi connectivity index (χ0v) is 11.9. The van der Waals surface area contributed by atoms with E-state index in [1.54, 1.807) is 4.68 Å². The van der Waals surface area contributed by atoms with Crippen LogP contribution in [0.1, 0.15) is 24.1 Å². The molecule has 1 aromatic carbocycles. The number of nitrogens with zero attached hydrogens (tertiary/aromatic N) is 2. The van der Waals surface area contributed by atoms with E-state index in [0.717, 1.165) is 5.56 Å². The van der Waals surface area contributed by atoms with Crippen molar-refractivity contribution in [2.45, 2.75) is 19.5 Å². The van der Waals surface area contributed by atoms with E-state index in [1.165, 1.54) is 5.56 Å². The van der Waals surface area contributed by atoms with Gasteiger partial charge in [-0.2, -0.15) is 5.10 Å². The van der Waals surface area contributed by atoms with Crippen molar-refractivity contribution in [2.24, 2.45) is 7.05 Å². The standard InChI is InChI=1S/C14H18N4S/c1-11(13-6-4-3-5-7-13)17-14(19)15-8-12-9-16-18(2)10-12/h3-7,9-11H,8H2,1-2H3,(H2,15,17,19)/t11-/m0/s1. The summed E-state index contributed by atoms with van der Waals surface area (Å²) in [5.74, 6) is 0. The first-order valence-corrected chi connectivity index (χ1v) is 6.63. The topological polar surface area (TPSA) is 41.9 Å². The zero-order chi connectivity index (χ0) is 13.7. The molecule has 0 saturated carbocycles. The van der Waals surface area contributed by atoms with Crippen LogP contribution in [0.3, 0.4) is 0 Å². The Morgan fingerprint density at radius 3 is 2.74 bits per heavy atom. The van der Waals surface area contributed by atoms with E-state index in [1.807, 2.05) is 37.6 Å². The van der Waals surface area contributed by atoms with Crippen molar-refractivity contribution in [1.29, 1.82) is 0 Å². The lowest BCUT2D eigenvalue weighted by Gasteiger charge is -2.17. The highest BCUT2D eigenvalue weighted by Crippen LogP contribution is 2.10. The minimum atomic E-state index is 0.190. The average Bonchev–Trinajstić information content (AvgIpc) is 2.83. The number of nitrogens with one attached hydrogen (secondary N) is 2. The van der Waals surface area contributed by atoms with Gasteiger partial charge in [-0.05, 0) is 24.7 Å². The van der Waals surface area contributed by atoms with Crippen molar-refractivity contribution < 1.29 is 0 Å². The molecule has 0 fully saturated rings. The maximum atomic E-state index is 5.29. The number of thiocarbonyl (C=S) groups is 1. The Hall–Kier alpha value is -1.88. The predicted octanol–water partition coefficient (Wildman–Crippen LogP) is 2.15. The molecular formula is C14H18N4S. The van der Waals surface area contributed by atoms with Gasteiger partial charge in [0.1, 0.15) is 0 Å². The van der Waals surface area contributed by atoms with Crippen LogP contribution < -0.4 is 10.6 Å². The molecule has 0 aliphatic carbocycles. The van der Waals surface area contributed by atoms with E-state index in [0.29, 0.717) is 11.7 Å². The van der Waals surface area contributed by atoms with Crippen LogP contribution in [0.5, 0.6) is 0 Å². The van der Waals surface area contributed by atoms with Crippen LogP contribution in [0.15, 0.2) is 42.7 Å².